The molecule has 104 valence electrons. The number of halogens is 2. The van der Waals surface area contributed by atoms with Crippen LogP contribution in [0.1, 0.15) is 50.1 Å². The van der Waals surface area contributed by atoms with Crippen molar-refractivity contribution in [2.75, 3.05) is 0 Å². The van der Waals surface area contributed by atoms with Gasteiger partial charge >= 0.3 is 0 Å². The average Bonchev–Trinajstić information content (AvgIpc) is 2.47. The minimum absolute atomic E-state index is 0.162. The highest BCUT2D eigenvalue weighted by atomic mass is 127. The van der Waals surface area contributed by atoms with Gasteiger partial charge in [0.25, 0.3) is 0 Å². The number of rotatable bonds is 0. The van der Waals surface area contributed by atoms with Crippen LogP contribution in [0.4, 0.5) is 0 Å². The van der Waals surface area contributed by atoms with Gasteiger partial charge in [-0.2, -0.15) is 0 Å². The Kier molecular flexibility index (Phi) is 3.22. The van der Waals surface area contributed by atoms with E-state index in [-0.39, 0.29) is 23.4 Å². The molecule has 0 radical (unpaired) electrons. The largest absolute Gasteiger partial charge is 0.293 e. The molecule has 4 rings (SSSR count). The molecule has 0 saturated carbocycles. The summed E-state index contributed by atoms with van der Waals surface area (Å²) in [7, 11) is 0. The van der Waals surface area contributed by atoms with Crippen molar-refractivity contribution in [1.29, 1.82) is 0 Å². The van der Waals surface area contributed by atoms with Gasteiger partial charge in [0.1, 0.15) is 0 Å². The number of fused-ring (bicyclic) bond motifs is 6. The van der Waals surface area contributed by atoms with E-state index >= 15 is 0 Å². The Balaban J connectivity index is 1.98. The summed E-state index contributed by atoms with van der Waals surface area (Å²) in [6.07, 6.45) is 0.624. The lowest BCUT2D eigenvalue weighted by Crippen LogP contribution is -2.34. The predicted molar refractivity (Wildman–Crippen MR) is 97.1 cm³/mol. The van der Waals surface area contributed by atoms with Crippen LogP contribution in [0, 0.1) is 7.14 Å². The molecule has 0 aliphatic heterocycles. The van der Waals surface area contributed by atoms with E-state index in [0.717, 1.165) is 29.4 Å². The van der Waals surface area contributed by atoms with Crippen molar-refractivity contribution in [3.05, 3.63) is 65.8 Å². The first-order valence-electron chi connectivity index (χ1n) is 6.73. The topological polar surface area (TPSA) is 34.1 Å². The Hall–Kier alpha value is -0.760. The molecule has 2 atom stereocenters. The van der Waals surface area contributed by atoms with Gasteiger partial charge in [0.2, 0.25) is 0 Å². The normalized spacial score (nSPS) is 22.8. The van der Waals surface area contributed by atoms with Gasteiger partial charge in [-0.05, 0) is 87.0 Å². The van der Waals surface area contributed by atoms with Gasteiger partial charge in [0.15, 0.2) is 11.6 Å². The van der Waals surface area contributed by atoms with Crippen LogP contribution in [0.15, 0.2) is 36.4 Å². The Morgan fingerprint density at radius 2 is 1.19 bits per heavy atom. The maximum atomic E-state index is 12.8. The number of hydrogen-bond acceptors (Lipinski definition) is 2. The molecule has 0 amide bonds. The second-order valence-electron chi connectivity index (χ2n) is 5.53. The van der Waals surface area contributed by atoms with E-state index in [1.54, 1.807) is 0 Å². The maximum Gasteiger partial charge on any atom is 0.170 e. The fourth-order valence-corrected chi connectivity index (χ4v) is 4.44. The van der Waals surface area contributed by atoms with E-state index in [0.29, 0.717) is 6.42 Å². The summed E-state index contributed by atoms with van der Waals surface area (Å²) in [5.74, 6) is 0.000230. The van der Waals surface area contributed by atoms with Gasteiger partial charge in [-0.15, -0.1) is 0 Å². The number of Topliss-reactive ketones (excluding diaryl/α,β-unsaturated/α-hetero) is 2. The van der Waals surface area contributed by atoms with Crippen molar-refractivity contribution in [2.24, 2.45) is 0 Å². The monoisotopic (exact) mass is 500 g/mol. The standard InChI is InChI=1S/C17H10I2O2/c18-8-1-3-10-12(5-8)16(20)15-7-14(10)17(21)13-6-9(19)2-4-11(13)15/h1-6,14-15H,7H2. The van der Waals surface area contributed by atoms with Gasteiger partial charge in [-0.3, -0.25) is 9.59 Å². The van der Waals surface area contributed by atoms with Gasteiger partial charge in [-0.25, -0.2) is 0 Å². The van der Waals surface area contributed by atoms with E-state index < -0.39 is 0 Å². The minimum atomic E-state index is -0.162. The fourth-order valence-electron chi connectivity index (χ4n) is 3.45. The molecule has 0 fully saturated rings. The Labute approximate surface area is 149 Å². The third-order valence-corrected chi connectivity index (χ3v) is 5.76. The predicted octanol–water partition coefficient (Wildman–Crippen LogP) is 4.55. The number of carbonyl (C=O) groups excluding carboxylic acids is 2. The lowest BCUT2D eigenvalue weighted by atomic mass is 9.65. The van der Waals surface area contributed by atoms with Gasteiger partial charge < -0.3 is 0 Å². The molecule has 2 aromatic rings. The molecule has 4 heteroatoms. The molecule has 2 unspecified atom stereocenters. The summed E-state index contributed by atoms with van der Waals surface area (Å²) in [5, 5.41) is 0. The van der Waals surface area contributed by atoms with Crippen LogP contribution in [-0.4, -0.2) is 11.6 Å². The molecule has 2 aliphatic rings. The van der Waals surface area contributed by atoms with Crippen LogP contribution >= 0.6 is 45.2 Å². The van der Waals surface area contributed by atoms with Crippen LogP contribution in [0.3, 0.4) is 0 Å². The second kappa shape index (κ2) is 4.87. The van der Waals surface area contributed by atoms with Crippen LogP contribution in [0.5, 0.6) is 0 Å². The third kappa shape index (κ3) is 2.02. The number of carbonyl (C=O) groups is 2. The summed E-state index contributed by atoms with van der Waals surface area (Å²) in [6, 6.07) is 11.7. The maximum absolute atomic E-state index is 12.8. The molecule has 21 heavy (non-hydrogen) atoms. The lowest BCUT2D eigenvalue weighted by Gasteiger charge is -2.35. The zero-order valence-electron chi connectivity index (χ0n) is 10.9. The molecule has 2 bridgehead atoms. The van der Waals surface area contributed by atoms with Gasteiger partial charge in [0.05, 0.1) is 0 Å². The smallest absolute Gasteiger partial charge is 0.170 e. The zero-order valence-corrected chi connectivity index (χ0v) is 15.2. The summed E-state index contributed by atoms with van der Waals surface area (Å²) in [5.41, 5.74) is 3.29. The van der Waals surface area contributed by atoms with Crippen LogP contribution in [-0.2, 0) is 0 Å². The van der Waals surface area contributed by atoms with E-state index in [4.69, 9.17) is 0 Å². The molecule has 2 aromatic carbocycles. The first-order chi connectivity index (χ1) is 10.1. The third-order valence-electron chi connectivity index (χ3n) is 4.42. The first kappa shape index (κ1) is 13.9. The van der Waals surface area contributed by atoms with Crippen molar-refractivity contribution in [1.82, 2.24) is 0 Å². The van der Waals surface area contributed by atoms with E-state index in [1.165, 1.54) is 0 Å². The Morgan fingerprint density at radius 1 is 0.762 bits per heavy atom. The van der Waals surface area contributed by atoms with Gasteiger partial charge in [0, 0.05) is 30.1 Å². The van der Waals surface area contributed by atoms with Crippen LogP contribution < -0.4 is 0 Å². The lowest BCUT2D eigenvalue weighted by molar-refractivity contribution is 0.0875. The first-order valence-corrected chi connectivity index (χ1v) is 8.89. The van der Waals surface area contributed by atoms with E-state index in [2.05, 4.69) is 45.2 Å². The van der Waals surface area contributed by atoms with Gasteiger partial charge in [-0.1, -0.05) is 12.1 Å². The Bertz CT molecular complexity index is 743. The number of benzene rings is 2. The van der Waals surface area contributed by atoms with Crippen molar-refractivity contribution < 1.29 is 9.59 Å². The van der Waals surface area contributed by atoms with Crippen molar-refractivity contribution in [3.8, 4) is 0 Å². The second-order valence-corrected chi connectivity index (χ2v) is 8.02. The molecule has 0 heterocycles. The molecule has 0 spiro atoms. The summed E-state index contributed by atoms with van der Waals surface area (Å²) in [6.45, 7) is 0. The quantitative estimate of drug-likeness (QED) is 0.498. The van der Waals surface area contributed by atoms with Crippen molar-refractivity contribution in [3.63, 3.8) is 0 Å². The summed E-state index contributed by atoms with van der Waals surface area (Å²) in [4.78, 5) is 25.6. The highest BCUT2D eigenvalue weighted by molar-refractivity contribution is 14.1. The molecular weight excluding hydrogens is 490 g/mol. The molecule has 2 nitrogen and oxygen atoms in total. The minimum Gasteiger partial charge on any atom is -0.293 e. The highest BCUT2D eigenvalue weighted by Crippen LogP contribution is 2.47. The summed E-state index contributed by atoms with van der Waals surface area (Å²) >= 11 is 4.42. The highest BCUT2D eigenvalue weighted by Gasteiger charge is 2.43. The molecule has 0 N–H and O–H groups in total. The van der Waals surface area contributed by atoms with Crippen LogP contribution in [0.2, 0.25) is 0 Å². The molecular formula is C17H10I2O2. The Morgan fingerprint density at radius 3 is 1.62 bits per heavy atom. The SMILES string of the molecule is O=C1c2cc(I)ccc2C2CC1c1ccc(I)cc1C2=O. The van der Waals surface area contributed by atoms with Crippen molar-refractivity contribution in [2.45, 2.75) is 18.3 Å². The van der Waals surface area contributed by atoms with E-state index in [9.17, 15) is 9.59 Å². The molecule has 2 aliphatic carbocycles. The van der Waals surface area contributed by atoms with Crippen molar-refractivity contribution >= 4 is 56.7 Å². The zero-order chi connectivity index (χ0) is 14.7. The van der Waals surface area contributed by atoms with Crippen LogP contribution in [0.25, 0.3) is 0 Å². The van der Waals surface area contributed by atoms with E-state index in [1.807, 2.05) is 36.4 Å². The summed E-state index contributed by atoms with van der Waals surface area (Å²) < 4.78 is 2.07. The number of ketones is 2. The number of hydrogen-bond donors (Lipinski definition) is 0. The molecule has 0 aromatic heterocycles. The average molecular weight is 500 g/mol. The fraction of sp³-hybridized carbons (Fsp3) is 0.176. The molecule has 0 saturated heterocycles.